The Morgan fingerprint density at radius 3 is 2.54 bits per heavy atom. The lowest BCUT2D eigenvalue weighted by Gasteiger charge is -2.14. The van der Waals surface area contributed by atoms with Crippen LogP contribution in [-0.4, -0.2) is 18.0 Å². The highest BCUT2D eigenvalue weighted by atomic mass is 35.5. The molecule has 0 unspecified atom stereocenters. The van der Waals surface area contributed by atoms with E-state index in [4.69, 9.17) is 27.9 Å². The molecule has 1 atom stereocenters. The van der Waals surface area contributed by atoms with E-state index in [-0.39, 0.29) is 5.56 Å². The molecule has 2 aromatic rings. The number of ether oxygens (including phenoxy) is 1. The maximum atomic E-state index is 13.5. The zero-order chi connectivity index (χ0) is 17.9. The van der Waals surface area contributed by atoms with Crippen molar-refractivity contribution >= 4 is 40.8 Å². The molecule has 0 aliphatic rings. The maximum Gasteiger partial charge on any atom is 0.339 e. The fourth-order valence-corrected chi connectivity index (χ4v) is 2.17. The molecule has 7 heteroatoms. The van der Waals surface area contributed by atoms with E-state index in [1.54, 1.807) is 13.0 Å². The van der Waals surface area contributed by atoms with Crippen molar-refractivity contribution in [3.63, 3.8) is 0 Å². The summed E-state index contributed by atoms with van der Waals surface area (Å²) >= 11 is 11.8. The quantitative estimate of drug-likeness (QED) is 0.799. The number of halogens is 3. The van der Waals surface area contributed by atoms with Crippen LogP contribution in [0.4, 0.5) is 10.1 Å². The van der Waals surface area contributed by atoms with Crippen molar-refractivity contribution < 1.29 is 18.7 Å². The van der Waals surface area contributed by atoms with Gasteiger partial charge >= 0.3 is 5.97 Å². The van der Waals surface area contributed by atoms with Crippen LogP contribution in [0.3, 0.4) is 0 Å². The number of hydrogen-bond donors (Lipinski definition) is 1. The van der Waals surface area contributed by atoms with Gasteiger partial charge in [0.15, 0.2) is 6.10 Å². The van der Waals surface area contributed by atoms with Gasteiger partial charge in [0.05, 0.1) is 16.3 Å². The Bertz CT molecular complexity index is 795. The lowest BCUT2D eigenvalue weighted by molar-refractivity contribution is -0.123. The number of nitrogens with one attached hydrogen (secondary N) is 1. The average molecular weight is 370 g/mol. The zero-order valence-corrected chi connectivity index (χ0v) is 14.4. The number of hydrogen-bond acceptors (Lipinski definition) is 3. The second-order valence-electron chi connectivity index (χ2n) is 5.12. The van der Waals surface area contributed by atoms with E-state index in [2.05, 4.69) is 5.32 Å². The Balaban J connectivity index is 2.04. The zero-order valence-electron chi connectivity index (χ0n) is 12.9. The lowest BCUT2D eigenvalue weighted by Crippen LogP contribution is -2.30. The Kier molecular flexibility index (Phi) is 5.80. The van der Waals surface area contributed by atoms with Crippen molar-refractivity contribution in [2.75, 3.05) is 5.32 Å². The summed E-state index contributed by atoms with van der Waals surface area (Å²) in [5.74, 6) is -1.90. The van der Waals surface area contributed by atoms with Crippen molar-refractivity contribution in [3.05, 3.63) is 63.4 Å². The van der Waals surface area contributed by atoms with Gasteiger partial charge in [-0.1, -0.05) is 29.3 Å². The minimum Gasteiger partial charge on any atom is -0.449 e. The second kappa shape index (κ2) is 7.64. The fourth-order valence-electron chi connectivity index (χ4n) is 1.83. The number of esters is 1. The molecule has 24 heavy (non-hydrogen) atoms. The van der Waals surface area contributed by atoms with Crippen LogP contribution in [0.5, 0.6) is 0 Å². The molecule has 2 rings (SSSR count). The average Bonchev–Trinajstić information content (AvgIpc) is 2.53. The van der Waals surface area contributed by atoms with Crippen LogP contribution in [0.1, 0.15) is 22.8 Å². The van der Waals surface area contributed by atoms with Crippen LogP contribution >= 0.6 is 23.2 Å². The van der Waals surface area contributed by atoms with Gasteiger partial charge in [-0.05, 0) is 49.7 Å². The van der Waals surface area contributed by atoms with Crippen molar-refractivity contribution in [2.24, 2.45) is 0 Å². The first-order valence-electron chi connectivity index (χ1n) is 7.01. The van der Waals surface area contributed by atoms with Gasteiger partial charge in [-0.25, -0.2) is 9.18 Å². The number of rotatable bonds is 4. The highest BCUT2D eigenvalue weighted by Gasteiger charge is 2.20. The third-order valence-electron chi connectivity index (χ3n) is 3.25. The Morgan fingerprint density at radius 1 is 1.17 bits per heavy atom. The van der Waals surface area contributed by atoms with Crippen molar-refractivity contribution in [3.8, 4) is 0 Å². The van der Waals surface area contributed by atoms with E-state index < -0.39 is 23.8 Å². The first-order valence-corrected chi connectivity index (χ1v) is 7.76. The fraction of sp³-hybridized carbons (Fsp3) is 0.176. The number of anilines is 1. The minimum absolute atomic E-state index is 0.0264. The molecule has 126 valence electrons. The first kappa shape index (κ1) is 18.2. The van der Waals surface area contributed by atoms with E-state index in [1.165, 1.54) is 31.2 Å². The number of carbonyl (C=O) groups is 2. The molecule has 1 amide bonds. The predicted molar refractivity (Wildman–Crippen MR) is 91.1 cm³/mol. The normalized spacial score (nSPS) is 11.7. The molecule has 0 bridgehead atoms. The van der Waals surface area contributed by atoms with Gasteiger partial charge in [0.1, 0.15) is 5.82 Å². The van der Waals surface area contributed by atoms with Gasteiger partial charge in [-0.15, -0.1) is 0 Å². The highest BCUT2D eigenvalue weighted by Crippen LogP contribution is 2.25. The summed E-state index contributed by atoms with van der Waals surface area (Å²) in [5, 5.41) is 3.22. The van der Waals surface area contributed by atoms with Gasteiger partial charge in [-0.3, -0.25) is 4.79 Å². The summed E-state index contributed by atoms with van der Waals surface area (Å²) in [4.78, 5) is 24.1. The van der Waals surface area contributed by atoms with Crippen LogP contribution in [-0.2, 0) is 9.53 Å². The predicted octanol–water partition coefficient (Wildman–Crippen LogP) is 4.62. The molecule has 0 heterocycles. The van der Waals surface area contributed by atoms with E-state index in [1.807, 2.05) is 0 Å². The van der Waals surface area contributed by atoms with Gasteiger partial charge in [0.25, 0.3) is 5.91 Å². The summed E-state index contributed by atoms with van der Waals surface area (Å²) in [6, 6.07) is 8.55. The molecule has 2 aromatic carbocycles. The number of aryl methyl sites for hydroxylation is 1. The monoisotopic (exact) mass is 369 g/mol. The molecule has 0 saturated carbocycles. The Hall–Kier alpha value is -2.11. The number of benzene rings is 2. The SMILES string of the molecule is Cc1ccc(C(=O)O[C@@H](C)C(=O)Nc2cc(Cl)ccc2Cl)cc1F. The third-order valence-corrected chi connectivity index (χ3v) is 3.81. The van der Waals surface area contributed by atoms with Gasteiger partial charge in [0.2, 0.25) is 0 Å². The van der Waals surface area contributed by atoms with Crippen LogP contribution in [0.25, 0.3) is 0 Å². The van der Waals surface area contributed by atoms with Crippen LogP contribution in [0.2, 0.25) is 10.0 Å². The largest absolute Gasteiger partial charge is 0.449 e. The van der Waals surface area contributed by atoms with Gasteiger partial charge < -0.3 is 10.1 Å². The van der Waals surface area contributed by atoms with E-state index in [9.17, 15) is 14.0 Å². The molecular formula is C17H14Cl2FNO3. The smallest absolute Gasteiger partial charge is 0.339 e. The molecule has 0 radical (unpaired) electrons. The molecular weight excluding hydrogens is 356 g/mol. The number of carbonyl (C=O) groups excluding carboxylic acids is 2. The van der Waals surface area contributed by atoms with E-state index in [0.29, 0.717) is 21.3 Å². The molecule has 0 aliphatic heterocycles. The molecule has 0 aliphatic carbocycles. The van der Waals surface area contributed by atoms with Crippen molar-refractivity contribution in [2.45, 2.75) is 20.0 Å². The summed E-state index contributed by atoms with van der Waals surface area (Å²) in [7, 11) is 0. The molecule has 0 aromatic heterocycles. The topological polar surface area (TPSA) is 55.4 Å². The second-order valence-corrected chi connectivity index (χ2v) is 5.97. The van der Waals surface area contributed by atoms with Crippen molar-refractivity contribution in [1.29, 1.82) is 0 Å². The number of amides is 1. The standard InChI is InChI=1S/C17H14Cl2FNO3/c1-9-3-4-11(7-14(9)20)17(23)24-10(2)16(22)21-15-8-12(18)5-6-13(15)19/h3-8,10H,1-2H3,(H,21,22)/t10-/m0/s1. The summed E-state index contributed by atoms with van der Waals surface area (Å²) < 4.78 is 18.5. The molecule has 4 nitrogen and oxygen atoms in total. The first-order chi connectivity index (χ1) is 11.3. The van der Waals surface area contributed by atoms with E-state index in [0.717, 1.165) is 6.07 Å². The van der Waals surface area contributed by atoms with Crippen LogP contribution in [0.15, 0.2) is 36.4 Å². The van der Waals surface area contributed by atoms with Gasteiger partial charge in [-0.2, -0.15) is 0 Å². The van der Waals surface area contributed by atoms with Crippen LogP contribution < -0.4 is 5.32 Å². The summed E-state index contributed by atoms with van der Waals surface area (Å²) in [6.07, 6.45) is -1.10. The highest BCUT2D eigenvalue weighted by molar-refractivity contribution is 6.35. The molecule has 0 fully saturated rings. The minimum atomic E-state index is -1.10. The Labute approximate surface area is 148 Å². The summed E-state index contributed by atoms with van der Waals surface area (Å²) in [5.41, 5.74) is 0.741. The lowest BCUT2D eigenvalue weighted by atomic mass is 10.1. The van der Waals surface area contributed by atoms with Crippen molar-refractivity contribution in [1.82, 2.24) is 0 Å². The Morgan fingerprint density at radius 2 is 1.88 bits per heavy atom. The molecule has 1 N–H and O–H groups in total. The van der Waals surface area contributed by atoms with Gasteiger partial charge in [0, 0.05) is 5.02 Å². The molecule has 0 spiro atoms. The summed E-state index contributed by atoms with van der Waals surface area (Å²) in [6.45, 7) is 2.98. The third kappa shape index (κ3) is 4.46. The van der Waals surface area contributed by atoms with Crippen LogP contribution in [0, 0.1) is 12.7 Å². The molecule has 0 saturated heterocycles. The van der Waals surface area contributed by atoms with E-state index >= 15 is 0 Å². The maximum absolute atomic E-state index is 13.5.